The highest BCUT2D eigenvalue weighted by Crippen LogP contribution is 2.24. The highest BCUT2D eigenvalue weighted by Gasteiger charge is 2.19. The minimum Gasteiger partial charge on any atom is -0.490 e. The summed E-state index contributed by atoms with van der Waals surface area (Å²) in [6.07, 6.45) is 1.41. The van der Waals surface area contributed by atoms with Crippen LogP contribution in [-0.2, 0) is 0 Å². The number of aliphatic hydroxyl groups excluding tert-OH is 1. The maximum atomic E-state index is 10.4. The number of nitrogens with one attached hydrogen (secondary N) is 1. The van der Waals surface area contributed by atoms with E-state index in [2.05, 4.69) is 39.0 Å². The fourth-order valence-electron chi connectivity index (χ4n) is 3.55. The van der Waals surface area contributed by atoms with E-state index in [4.69, 9.17) is 4.74 Å². The van der Waals surface area contributed by atoms with E-state index in [0.29, 0.717) is 13.2 Å². The maximum Gasteiger partial charge on any atom is 0.128 e. The summed E-state index contributed by atoms with van der Waals surface area (Å²) in [4.78, 5) is 7.88. The number of ether oxygens (including phenoxy) is 1. The van der Waals surface area contributed by atoms with Crippen LogP contribution in [0.25, 0.3) is 10.9 Å². The molecule has 2 N–H and O–H groups in total. The second-order valence-corrected chi connectivity index (χ2v) is 6.78. The lowest BCUT2D eigenvalue weighted by atomic mass is 10.2. The Bertz CT molecular complexity index is 825. The van der Waals surface area contributed by atoms with E-state index in [1.165, 1.54) is 5.69 Å². The summed E-state index contributed by atoms with van der Waals surface area (Å²) < 4.78 is 5.86. The van der Waals surface area contributed by atoms with Crippen molar-refractivity contribution in [3.8, 4) is 5.75 Å². The van der Waals surface area contributed by atoms with Crippen LogP contribution in [0.4, 0.5) is 5.69 Å². The Kier molecular flexibility index (Phi) is 5.09. The molecule has 0 saturated carbocycles. The van der Waals surface area contributed by atoms with Crippen LogP contribution in [0.15, 0.2) is 60.8 Å². The zero-order chi connectivity index (χ0) is 17.8. The van der Waals surface area contributed by atoms with E-state index < -0.39 is 6.10 Å². The summed E-state index contributed by atoms with van der Waals surface area (Å²) in [6, 6.07) is 18.4. The van der Waals surface area contributed by atoms with Gasteiger partial charge in [0.2, 0.25) is 0 Å². The van der Waals surface area contributed by atoms with E-state index in [-0.39, 0.29) is 0 Å². The van der Waals surface area contributed by atoms with Gasteiger partial charge in [-0.3, -0.25) is 4.90 Å². The highest BCUT2D eigenvalue weighted by atomic mass is 16.5. The van der Waals surface area contributed by atoms with Gasteiger partial charge in [-0.2, -0.15) is 0 Å². The molecular formula is C21H25N3O2. The van der Waals surface area contributed by atoms with Gasteiger partial charge in [-0.05, 0) is 30.3 Å². The Hall–Kier alpha value is -2.50. The molecule has 0 bridgehead atoms. The number of nitrogens with zero attached hydrogens (tertiary/aromatic N) is 2. The third kappa shape index (κ3) is 3.84. The van der Waals surface area contributed by atoms with Gasteiger partial charge >= 0.3 is 0 Å². The highest BCUT2D eigenvalue weighted by molar-refractivity contribution is 5.85. The minimum atomic E-state index is -0.493. The third-order valence-corrected chi connectivity index (χ3v) is 4.95. The number of para-hydroxylation sites is 1. The van der Waals surface area contributed by atoms with Gasteiger partial charge in [0.05, 0.1) is 0 Å². The molecule has 0 spiro atoms. The van der Waals surface area contributed by atoms with Crippen molar-refractivity contribution in [1.29, 1.82) is 0 Å². The lowest BCUT2D eigenvalue weighted by molar-refractivity contribution is 0.0668. The van der Waals surface area contributed by atoms with Gasteiger partial charge in [-0.25, -0.2) is 0 Å². The Balaban J connectivity index is 1.25. The van der Waals surface area contributed by atoms with Gasteiger partial charge in [-0.15, -0.1) is 0 Å². The number of β-amino-alcohol motifs (C(OH)–C–C–N with tert-alkyl or cyclic N) is 1. The smallest absolute Gasteiger partial charge is 0.128 e. The number of hydrogen-bond donors (Lipinski definition) is 2. The van der Waals surface area contributed by atoms with Gasteiger partial charge in [-0.1, -0.05) is 24.3 Å². The molecule has 5 nitrogen and oxygen atoms in total. The first-order valence-electron chi connectivity index (χ1n) is 9.19. The maximum absolute atomic E-state index is 10.4. The van der Waals surface area contributed by atoms with Crippen LogP contribution in [0, 0.1) is 0 Å². The van der Waals surface area contributed by atoms with Crippen molar-refractivity contribution in [2.24, 2.45) is 0 Å². The van der Waals surface area contributed by atoms with Crippen LogP contribution < -0.4 is 9.64 Å². The summed E-state index contributed by atoms with van der Waals surface area (Å²) in [5, 5.41) is 11.4. The van der Waals surface area contributed by atoms with Gasteiger partial charge in [0.25, 0.3) is 0 Å². The Morgan fingerprint density at radius 2 is 1.77 bits per heavy atom. The van der Waals surface area contributed by atoms with Crippen LogP contribution in [0.5, 0.6) is 5.75 Å². The number of aromatic amines is 1. The van der Waals surface area contributed by atoms with E-state index in [1.54, 1.807) is 0 Å². The molecule has 1 saturated heterocycles. The standard InChI is InChI=1S/C21H25N3O2/c25-18(16-26-21-8-4-7-20-19(21)9-10-22-20)15-23-11-13-24(14-12-23)17-5-2-1-3-6-17/h1-10,18,22,25H,11-16H2. The molecule has 4 rings (SSSR count). The summed E-state index contributed by atoms with van der Waals surface area (Å²) in [6.45, 7) is 4.84. The molecular weight excluding hydrogens is 326 g/mol. The Labute approximate surface area is 153 Å². The molecule has 1 aromatic heterocycles. The van der Waals surface area contributed by atoms with Crippen LogP contribution >= 0.6 is 0 Å². The molecule has 0 aliphatic carbocycles. The van der Waals surface area contributed by atoms with Crippen molar-refractivity contribution >= 4 is 16.6 Å². The number of anilines is 1. The molecule has 1 atom stereocenters. The van der Waals surface area contributed by atoms with Gasteiger partial charge in [0.15, 0.2) is 0 Å². The lowest BCUT2D eigenvalue weighted by Crippen LogP contribution is -2.49. The monoisotopic (exact) mass is 351 g/mol. The molecule has 3 aromatic rings. The molecule has 0 amide bonds. The second kappa shape index (κ2) is 7.81. The zero-order valence-corrected chi connectivity index (χ0v) is 14.8. The topological polar surface area (TPSA) is 51.7 Å². The second-order valence-electron chi connectivity index (χ2n) is 6.78. The first-order valence-corrected chi connectivity index (χ1v) is 9.19. The number of aliphatic hydroxyl groups is 1. The zero-order valence-electron chi connectivity index (χ0n) is 14.8. The quantitative estimate of drug-likeness (QED) is 0.717. The van der Waals surface area contributed by atoms with E-state index in [0.717, 1.165) is 42.8 Å². The Morgan fingerprint density at radius 1 is 0.962 bits per heavy atom. The van der Waals surface area contributed by atoms with Crippen LogP contribution in [0.1, 0.15) is 0 Å². The lowest BCUT2D eigenvalue weighted by Gasteiger charge is -2.36. The number of rotatable bonds is 6. The molecule has 2 heterocycles. The van der Waals surface area contributed by atoms with Gasteiger partial charge in [0, 0.05) is 55.5 Å². The molecule has 2 aromatic carbocycles. The van der Waals surface area contributed by atoms with Crippen LogP contribution in [0.2, 0.25) is 0 Å². The van der Waals surface area contributed by atoms with E-state index in [9.17, 15) is 5.11 Å². The summed E-state index contributed by atoms with van der Waals surface area (Å²) in [7, 11) is 0. The van der Waals surface area contributed by atoms with Crippen molar-refractivity contribution in [2.75, 3.05) is 44.2 Å². The number of H-pyrrole nitrogens is 1. The first-order chi connectivity index (χ1) is 12.8. The van der Waals surface area contributed by atoms with Crippen molar-refractivity contribution in [3.05, 3.63) is 60.8 Å². The van der Waals surface area contributed by atoms with Crippen molar-refractivity contribution in [1.82, 2.24) is 9.88 Å². The molecule has 1 fully saturated rings. The van der Waals surface area contributed by atoms with Crippen molar-refractivity contribution in [2.45, 2.75) is 6.10 Å². The molecule has 1 aliphatic rings. The summed E-state index contributed by atoms with van der Waals surface area (Å²) in [5.41, 5.74) is 2.32. The van der Waals surface area contributed by atoms with E-state index >= 15 is 0 Å². The molecule has 5 heteroatoms. The largest absolute Gasteiger partial charge is 0.490 e. The number of benzene rings is 2. The van der Waals surface area contributed by atoms with Crippen molar-refractivity contribution in [3.63, 3.8) is 0 Å². The number of aromatic nitrogens is 1. The SMILES string of the molecule is OC(COc1cccc2[nH]ccc12)CN1CCN(c2ccccc2)CC1. The average molecular weight is 351 g/mol. The molecule has 1 unspecified atom stereocenters. The van der Waals surface area contributed by atoms with Crippen LogP contribution in [-0.4, -0.2) is 60.4 Å². The van der Waals surface area contributed by atoms with E-state index in [1.807, 2.05) is 36.5 Å². The average Bonchev–Trinajstić information content (AvgIpc) is 3.17. The van der Waals surface area contributed by atoms with Gasteiger partial charge < -0.3 is 19.7 Å². The van der Waals surface area contributed by atoms with Gasteiger partial charge in [0.1, 0.15) is 18.5 Å². The molecule has 1 aliphatic heterocycles. The number of piperazine rings is 1. The summed E-state index contributed by atoms with van der Waals surface area (Å²) in [5.74, 6) is 0.816. The van der Waals surface area contributed by atoms with Crippen molar-refractivity contribution < 1.29 is 9.84 Å². The number of hydrogen-bond acceptors (Lipinski definition) is 4. The normalized spacial score (nSPS) is 16.7. The molecule has 26 heavy (non-hydrogen) atoms. The predicted octanol–water partition coefficient (Wildman–Crippen LogP) is 2.73. The molecule has 0 radical (unpaired) electrons. The Morgan fingerprint density at radius 3 is 2.58 bits per heavy atom. The minimum absolute atomic E-state index is 0.309. The third-order valence-electron chi connectivity index (χ3n) is 4.95. The fourth-order valence-corrected chi connectivity index (χ4v) is 3.55. The first kappa shape index (κ1) is 16.9. The molecule has 136 valence electrons. The summed E-state index contributed by atoms with van der Waals surface area (Å²) >= 11 is 0. The predicted molar refractivity (Wildman–Crippen MR) is 105 cm³/mol. The number of fused-ring (bicyclic) bond motifs is 1. The van der Waals surface area contributed by atoms with Crippen LogP contribution in [0.3, 0.4) is 0 Å². The fraction of sp³-hybridized carbons (Fsp3) is 0.333.